The molecule has 1 saturated heterocycles. The minimum absolute atomic E-state index is 0.0348. The molecule has 1 atom stereocenters. The van der Waals surface area contributed by atoms with Crippen molar-refractivity contribution in [1.82, 2.24) is 10.5 Å². The van der Waals surface area contributed by atoms with Crippen LogP contribution in [0, 0.1) is 12.8 Å². The molecule has 1 N–H and O–H groups in total. The summed E-state index contributed by atoms with van der Waals surface area (Å²) in [6.07, 6.45) is 1.90. The van der Waals surface area contributed by atoms with E-state index < -0.39 is 0 Å². The van der Waals surface area contributed by atoms with Crippen molar-refractivity contribution in [2.24, 2.45) is 5.92 Å². The highest BCUT2D eigenvalue weighted by atomic mass is 32.1. The van der Waals surface area contributed by atoms with Gasteiger partial charge in [-0.3, -0.25) is 9.63 Å². The summed E-state index contributed by atoms with van der Waals surface area (Å²) in [7, 11) is 1.47. The zero-order chi connectivity index (χ0) is 14.8. The van der Waals surface area contributed by atoms with Crippen LogP contribution in [0.25, 0.3) is 10.2 Å². The molecule has 2 heterocycles. The third-order valence-electron chi connectivity index (χ3n) is 3.80. The van der Waals surface area contributed by atoms with E-state index in [0.29, 0.717) is 6.54 Å². The van der Waals surface area contributed by atoms with Gasteiger partial charge < -0.3 is 4.90 Å². The van der Waals surface area contributed by atoms with Gasteiger partial charge in [0.2, 0.25) is 5.91 Å². The monoisotopic (exact) mass is 305 g/mol. The van der Waals surface area contributed by atoms with Crippen molar-refractivity contribution in [2.45, 2.75) is 19.8 Å². The van der Waals surface area contributed by atoms with E-state index in [1.807, 2.05) is 0 Å². The van der Waals surface area contributed by atoms with Crippen molar-refractivity contribution in [3.8, 4) is 0 Å². The molecule has 1 amide bonds. The standard InChI is InChI=1S/C15H19N3O2S/c1-10-5-6-12-13(8-10)21-15(16-12)18-7-3-4-11(9-18)14(19)17-20-2/h5-6,8,11H,3-4,7,9H2,1-2H3,(H,17,19). The highest BCUT2D eigenvalue weighted by molar-refractivity contribution is 7.22. The number of nitrogens with one attached hydrogen (secondary N) is 1. The number of anilines is 1. The Balaban J connectivity index is 1.79. The molecule has 6 heteroatoms. The minimum atomic E-state index is -0.0424. The second kappa shape index (κ2) is 5.99. The van der Waals surface area contributed by atoms with E-state index in [1.54, 1.807) is 11.3 Å². The van der Waals surface area contributed by atoms with Gasteiger partial charge >= 0.3 is 0 Å². The number of aryl methyl sites for hydroxylation is 1. The quantitative estimate of drug-likeness (QED) is 0.885. The van der Waals surface area contributed by atoms with E-state index in [1.165, 1.54) is 17.4 Å². The topological polar surface area (TPSA) is 54.5 Å². The molecule has 1 aliphatic rings. The van der Waals surface area contributed by atoms with Crippen LogP contribution in [0.2, 0.25) is 0 Å². The molecule has 21 heavy (non-hydrogen) atoms. The van der Waals surface area contributed by atoms with E-state index in [4.69, 9.17) is 9.82 Å². The average molecular weight is 305 g/mol. The Labute approximate surface area is 127 Å². The number of hydroxylamine groups is 1. The summed E-state index contributed by atoms with van der Waals surface area (Å²) in [6, 6.07) is 6.30. The van der Waals surface area contributed by atoms with E-state index in [-0.39, 0.29) is 11.8 Å². The molecule has 0 aliphatic carbocycles. The number of carbonyl (C=O) groups excluding carboxylic acids is 1. The Morgan fingerprint density at radius 2 is 2.38 bits per heavy atom. The molecule has 1 fully saturated rings. The number of hydrogen-bond donors (Lipinski definition) is 1. The predicted molar refractivity (Wildman–Crippen MR) is 84.4 cm³/mol. The van der Waals surface area contributed by atoms with Crippen molar-refractivity contribution in [3.05, 3.63) is 23.8 Å². The summed E-state index contributed by atoms with van der Waals surface area (Å²) < 4.78 is 1.20. The van der Waals surface area contributed by atoms with Gasteiger partial charge in [-0.15, -0.1) is 0 Å². The van der Waals surface area contributed by atoms with Gasteiger partial charge in [0.05, 0.1) is 23.2 Å². The maximum absolute atomic E-state index is 11.9. The zero-order valence-electron chi connectivity index (χ0n) is 12.3. The Bertz CT molecular complexity index is 655. The van der Waals surface area contributed by atoms with Crippen LogP contribution < -0.4 is 10.4 Å². The van der Waals surface area contributed by atoms with Crippen molar-refractivity contribution in [3.63, 3.8) is 0 Å². The smallest absolute Gasteiger partial charge is 0.248 e. The average Bonchev–Trinajstić information content (AvgIpc) is 2.90. The van der Waals surface area contributed by atoms with Crippen LogP contribution in [0.15, 0.2) is 18.2 Å². The summed E-state index contributed by atoms with van der Waals surface area (Å²) >= 11 is 1.70. The number of amides is 1. The van der Waals surface area contributed by atoms with Crippen LogP contribution >= 0.6 is 11.3 Å². The summed E-state index contributed by atoms with van der Waals surface area (Å²) in [5.41, 5.74) is 4.71. The van der Waals surface area contributed by atoms with Gasteiger partial charge in [0.25, 0.3) is 0 Å². The van der Waals surface area contributed by atoms with Crippen molar-refractivity contribution in [2.75, 3.05) is 25.1 Å². The van der Waals surface area contributed by atoms with Gasteiger partial charge in [0.15, 0.2) is 5.13 Å². The van der Waals surface area contributed by atoms with Crippen LogP contribution in [0.5, 0.6) is 0 Å². The summed E-state index contributed by atoms with van der Waals surface area (Å²) in [4.78, 5) is 23.6. The predicted octanol–water partition coefficient (Wildman–Crippen LogP) is 2.50. The van der Waals surface area contributed by atoms with Crippen LogP contribution in [0.1, 0.15) is 18.4 Å². The summed E-state index contributed by atoms with van der Waals surface area (Å²) in [5.74, 6) is -0.0772. The van der Waals surface area contributed by atoms with Gasteiger partial charge in [-0.1, -0.05) is 17.4 Å². The van der Waals surface area contributed by atoms with Gasteiger partial charge in [-0.25, -0.2) is 10.5 Å². The van der Waals surface area contributed by atoms with Gasteiger partial charge in [-0.05, 0) is 37.5 Å². The maximum Gasteiger partial charge on any atom is 0.248 e. The first-order valence-electron chi connectivity index (χ1n) is 7.12. The van der Waals surface area contributed by atoms with E-state index in [2.05, 4.69) is 35.5 Å². The summed E-state index contributed by atoms with van der Waals surface area (Å²) in [6.45, 7) is 3.74. The summed E-state index contributed by atoms with van der Waals surface area (Å²) in [5, 5.41) is 1.01. The van der Waals surface area contributed by atoms with E-state index in [0.717, 1.165) is 30.0 Å². The largest absolute Gasteiger partial charge is 0.347 e. The van der Waals surface area contributed by atoms with Gasteiger partial charge in [-0.2, -0.15) is 0 Å². The Hall–Kier alpha value is -1.66. The molecule has 3 rings (SSSR count). The number of piperidine rings is 1. The first-order chi connectivity index (χ1) is 10.2. The maximum atomic E-state index is 11.9. The second-order valence-electron chi connectivity index (χ2n) is 5.42. The van der Waals surface area contributed by atoms with Crippen molar-refractivity contribution < 1.29 is 9.63 Å². The lowest BCUT2D eigenvalue weighted by Gasteiger charge is -2.31. The first kappa shape index (κ1) is 14.3. The van der Waals surface area contributed by atoms with E-state index in [9.17, 15) is 4.79 Å². The molecular weight excluding hydrogens is 286 g/mol. The lowest BCUT2D eigenvalue weighted by molar-refractivity contribution is -0.135. The number of thiazole rings is 1. The number of aromatic nitrogens is 1. The number of fused-ring (bicyclic) bond motifs is 1. The number of carbonyl (C=O) groups is 1. The molecule has 0 bridgehead atoms. The Kier molecular flexibility index (Phi) is 4.07. The first-order valence-corrected chi connectivity index (χ1v) is 7.94. The number of hydrogen-bond acceptors (Lipinski definition) is 5. The molecule has 0 spiro atoms. The van der Waals surface area contributed by atoms with Crippen LogP contribution in [-0.4, -0.2) is 31.1 Å². The normalized spacial score (nSPS) is 19.0. The van der Waals surface area contributed by atoms with Gasteiger partial charge in [0, 0.05) is 13.1 Å². The Morgan fingerprint density at radius 1 is 1.52 bits per heavy atom. The molecule has 1 aromatic heterocycles. The van der Waals surface area contributed by atoms with Crippen molar-refractivity contribution in [1.29, 1.82) is 0 Å². The lowest BCUT2D eigenvalue weighted by Crippen LogP contribution is -2.42. The molecule has 1 aromatic carbocycles. The fraction of sp³-hybridized carbons (Fsp3) is 0.467. The minimum Gasteiger partial charge on any atom is -0.347 e. The SMILES string of the molecule is CONC(=O)C1CCCN(c2nc3ccc(C)cc3s2)C1. The lowest BCUT2D eigenvalue weighted by atomic mass is 9.98. The van der Waals surface area contributed by atoms with Gasteiger partial charge in [0.1, 0.15) is 0 Å². The van der Waals surface area contributed by atoms with Crippen LogP contribution in [0.4, 0.5) is 5.13 Å². The molecule has 5 nitrogen and oxygen atoms in total. The fourth-order valence-electron chi connectivity index (χ4n) is 2.70. The zero-order valence-corrected chi connectivity index (χ0v) is 13.1. The molecule has 0 saturated carbocycles. The molecule has 2 aromatic rings. The fourth-order valence-corrected chi connectivity index (χ4v) is 3.80. The third-order valence-corrected chi connectivity index (χ3v) is 4.88. The van der Waals surface area contributed by atoms with Crippen LogP contribution in [0.3, 0.4) is 0 Å². The molecule has 1 unspecified atom stereocenters. The highest BCUT2D eigenvalue weighted by Crippen LogP contribution is 2.32. The third kappa shape index (κ3) is 3.01. The van der Waals surface area contributed by atoms with E-state index >= 15 is 0 Å². The number of rotatable bonds is 3. The van der Waals surface area contributed by atoms with Crippen LogP contribution in [-0.2, 0) is 9.63 Å². The molecule has 1 aliphatic heterocycles. The Morgan fingerprint density at radius 3 is 3.19 bits per heavy atom. The molecular formula is C15H19N3O2S. The number of benzene rings is 1. The van der Waals surface area contributed by atoms with Crippen molar-refractivity contribution >= 4 is 32.6 Å². The number of nitrogens with zero attached hydrogens (tertiary/aromatic N) is 2. The molecule has 112 valence electrons. The second-order valence-corrected chi connectivity index (χ2v) is 6.43. The highest BCUT2D eigenvalue weighted by Gasteiger charge is 2.27. The molecule has 0 radical (unpaired) electrons.